The Morgan fingerprint density at radius 2 is 1.97 bits per heavy atom. The Kier molecular flexibility index (Phi) is 6.78. The number of rotatable bonds is 7. The van der Waals surface area contributed by atoms with Crippen LogP contribution in [0.4, 0.5) is 9.18 Å². The number of imide groups is 2. The zero-order valence-electron chi connectivity index (χ0n) is 17.8. The van der Waals surface area contributed by atoms with Gasteiger partial charge in [-0.3, -0.25) is 19.8 Å². The number of nitrogens with one attached hydrogen (secondary N) is 1. The first-order valence-electron chi connectivity index (χ1n) is 10.0. The molecule has 0 bridgehead atoms. The minimum atomic E-state index is -0.830. The van der Waals surface area contributed by atoms with Gasteiger partial charge in [0.1, 0.15) is 23.8 Å². The van der Waals surface area contributed by atoms with E-state index in [1.807, 2.05) is 0 Å². The van der Waals surface area contributed by atoms with Crippen LogP contribution in [0.1, 0.15) is 16.9 Å². The maximum atomic E-state index is 13.4. The monoisotopic (exact) mass is 528 g/mol. The topological polar surface area (TPSA) is 98.1 Å². The molecule has 0 radical (unpaired) electrons. The van der Waals surface area contributed by atoms with E-state index in [1.54, 1.807) is 36.4 Å². The first-order chi connectivity index (χ1) is 16.4. The first-order valence-corrected chi connectivity index (χ1v) is 10.8. The predicted molar refractivity (Wildman–Crippen MR) is 122 cm³/mol. The minimum Gasteiger partial charge on any atom is -0.493 e. The van der Waals surface area contributed by atoms with Crippen LogP contribution in [-0.4, -0.2) is 29.9 Å². The summed E-state index contributed by atoms with van der Waals surface area (Å²) in [7, 11) is 1.44. The number of methoxy groups -OCH3 is 1. The van der Waals surface area contributed by atoms with Gasteiger partial charge in [-0.15, -0.1) is 0 Å². The summed E-state index contributed by atoms with van der Waals surface area (Å²) in [5.41, 5.74) is 0.854. The van der Waals surface area contributed by atoms with Crippen molar-refractivity contribution in [3.05, 3.63) is 87.5 Å². The molecule has 1 aromatic heterocycles. The average molecular weight is 529 g/mol. The standard InChI is InChI=1S/C24H18BrFN2O6/c1-32-20-11-15(10-19(25)21(20)34-13-14-4-2-5-16(26)8-14)9-18-22(29)27-24(31)28(23(18)30)12-17-6-3-7-33-17/h2-11H,12-13H2,1H3,(H,27,29,31)/b18-9+. The molecule has 1 fully saturated rings. The van der Waals surface area contributed by atoms with Crippen LogP contribution in [0.2, 0.25) is 0 Å². The lowest BCUT2D eigenvalue weighted by Crippen LogP contribution is -2.53. The molecule has 0 atom stereocenters. The fourth-order valence-electron chi connectivity index (χ4n) is 3.31. The van der Waals surface area contributed by atoms with E-state index < -0.39 is 17.8 Å². The summed E-state index contributed by atoms with van der Waals surface area (Å²) in [5, 5.41) is 2.16. The van der Waals surface area contributed by atoms with Crippen LogP contribution in [0.25, 0.3) is 6.08 Å². The van der Waals surface area contributed by atoms with Crippen LogP contribution in [0.15, 0.2) is 69.3 Å². The van der Waals surface area contributed by atoms with Gasteiger partial charge in [-0.25, -0.2) is 9.18 Å². The molecule has 34 heavy (non-hydrogen) atoms. The van der Waals surface area contributed by atoms with Crippen molar-refractivity contribution in [2.24, 2.45) is 0 Å². The maximum absolute atomic E-state index is 13.4. The second-order valence-electron chi connectivity index (χ2n) is 7.24. The van der Waals surface area contributed by atoms with Gasteiger partial charge in [-0.1, -0.05) is 12.1 Å². The lowest BCUT2D eigenvalue weighted by Gasteiger charge is -2.25. The third-order valence-corrected chi connectivity index (χ3v) is 5.50. The Morgan fingerprint density at radius 3 is 2.68 bits per heavy atom. The predicted octanol–water partition coefficient (Wildman–Crippen LogP) is 4.43. The van der Waals surface area contributed by atoms with Crippen LogP contribution in [0, 0.1) is 5.82 Å². The summed E-state index contributed by atoms with van der Waals surface area (Å²) in [6.07, 6.45) is 2.77. The summed E-state index contributed by atoms with van der Waals surface area (Å²) < 4.78 is 30.3. The molecule has 0 saturated carbocycles. The Bertz CT molecular complexity index is 1290. The van der Waals surface area contributed by atoms with Crippen LogP contribution >= 0.6 is 15.9 Å². The highest BCUT2D eigenvalue weighted by atomic mass is 79.9. The Morgan fingerprint density at radius 1 is 1.15 bits per heavy atom. The molecule has 8 nitrogen and oxygen atoms in total. The van der Waals surface area contributed by atoms with Crippen molar-refractivity contribution >= 4 is 39.9 Å². The lowest BCUT2D eigenvalue weighted by atomic mass is 10.1. The molecule has 1 saturated heterocycles. The van der Waals surface area contributed by atoms with Gasteiger partial charge >= 0.3 is 6.03 Å². The molecule has 3 aromatic rings. The molecular formula is C24H18BrFN2O6. The van der Waals surface area contributed by atoms with E-state index in [0.717, 1.165) is 4.90 Å². The van der Waals surface area contributed by atoms with Crippen LogP contribution < -0.4 is 14.8 Å². The molecule has 0 spiro atoms. The molecule has 2 aromatic carbocycles. The zero-order chi connectivity index (χ0) is 24.2. The van der Waals surface area contributed by atoms with Gasteiger partial charge in [0.25, 0.3) is 11.8 Å². The number of amides is 4. The lowest BCUT2D eigenvalue weighted by molar-refractivity contribution is -0.130. The molecule has 0 unspecified atom stereocenters. The number of furan rings is 1. The third kappa shape index (κ3) is 5.01. The van der Waals surface area contributed by atoms with E-state index in [0.29, 0.717) is 32.9 Å². The first kappa shape index (κ1) is 23.2. The molecule has 4 amide bonds. The smallest absolute Gasteiger partial charge is 0.331 e. The molecule has 2 heterocycles. The summed E-state index contributed by atoms with van der Waals surface area (Å²) >= 11 is 3.41. The summed E-state index contributed by atoms with van der Waals surface area (Å²) in [6, 6.07) is 11.6. The van der Waals surface area contributed by atoms with Gasteiger partial charge in [0, 0.05) is 0 Å². The van der Waals surface area contributed by atoms with Crippen molar-refractivity contribution in [2.75, 3.05) is 7.11 Å². The fraction of sp³-hybridized carbons (Fsp3) is 0.125. The van der Waals surface area contributed by atoms with E-state index in [-0.39, 0.29) is 24.5 Å². The second kappa shape index (κ2) is 9.92. The number of benzene rings is 2. The molecule has 1 N–H and O–H groups in total. The van der Waals surface area contributed by atoms with Gasteiger partial charge in [-0.05, 0) is 69.5 Å². The van der Waals surface area contributed by atoms with Gasteiger partial charge < -0.3 is 13.9 Å². The quantitative estimate of drug-likeness (QED) is 0.359. The summed E-state index contributed by atoms with van der Waals surface area (Å²) in [5.74, 6) is -0.864. The van der Waals surface area contributed by atoms with Crippen molar-refractivity contribution in [3.63, 3.8) is 0 Å². The summed E-state index contributed by atoms with van der Waals surface area (Å²) in [6.45, 7) is -0.0277. The van der Waals surface area contributed by atoms with Gasteiger partial charge in [0.05, 0.1) is 24.4 Å². The van der Waals surface area contributed by atoms with Crippen molar-refractivity contribution in [1.29, 1.82) is 0 Å². The number of halogens is 2. The van der Waals surface area contributed by atoms with Crippen molar-refractivity contribution in [2.45, 2.75) is 13.2 Å². The molecule has 174 valence electrons. The molecule has 1 aliphatic heterocycles. The number of urea groups is 1. The second-order valence-corrected chi connectivity index (χ2v) is 8.09. The van der Waals surface area contributed by atoms with Crippen LogP contribution in [-0.2, 0) is 22.7 Å². The fourth-order valence-corrected chi connectivity index (χ4v) is 3.88. The number of hydrogen-bond donors (Lipinski definition) is 1. The van der Waals surface area contributed by atoms with E-state index in [4.69, 9.17) is 13.9 Å². The Hall–Kier alpha value is -3.92. The number of carbonyl (C=O) groups is 3. The highest BCUT2D eigenvalue weighted by molar-refractivity contribution is 9.10. The zero-order valence-corrected chi connectivity index (χ0v) is 19.4. The Balaban J connectivity index is 1.59. The normalized spacial score (nSPS) is 15.0. The van der Waals surface area contributed by atoms with Crippen molar-refractivity contribution in [1.82, 2.24) is 10.2 Å². The number of carbonyl (C=O) groups excluding carboxylic acids is 3. The van der Waals surface area contributed by atoms with Gasteiger partial charge in [0.2, 0.25) is 0 Å². The van der Waals surface area contributed by atoms with E-state index in [2.05, 4.69) is 21.2 Å². The molecule has 10 heteroatoms. The average Bonchev–Trinajstić information content (AvgIpc) is 3.32. The highest BCUT2D eigenvalue weighted by Gasteiger charge is 2.36. The van der Waals surface area contributed by atoms with E-state index in [9.17, 15) is 18.8 Å². The van der Waals surface area contributed by atoms with Crippen LogP contribution in [0.5, 0.6) is 11.5 Å². The Labute approximate surface area is 202 Å². The van der Waals surface area contributed by atoms with Gasteiger partial charge in [0.15, 0.2) is 11.5 Å². The molecule has 1 aliphatic rings. The highest BCUT2D eigenvalue weighted by Crippen LogP contribution is 2.38. The third-order valence-electron chi connectivity index (χ3n) is 4.91. The van der Waals surface area contributed by atoms with Crippen molar-refractivity contribution in [3.8, 4) is 11.5 Å². The maximum Gasteiger partial charge on any atom is 0.331 e. The van der Waals surface area contributed by atoms with Gasteiger partial charge in [-0.2, -0.15) is 0 Å². The minimum absolute atomic E-state index is 0.0951. The number of hydrogen-bond acceptors (Lipinski definition) is 6. The molecule has 0 aliphatic carbocycles. The number of nitrogens with zero attached hydrogens (tertiary/aromatic N) is 1. The largest absolute Gasteiger partial charge is 0.493 e. The summed E-state index contributed by atoms with van der Waals surface area (Å²) in [4.78, 5) is 38.4. The number of barbiturate groups is 1. The van der Waals surface area contributed by atoms with Crippen molar-refractivity contribution < 1.29 is 32.7 Å². The van der Waals surface area contributed by atoms with Crippen LogP contribution in [0.3, 0.4) is 0 Å². The molecule has 4 rings (SSSR count). The SMILES string of the molecule is COc1cc(/C=C2\C(=O)NC(=O)N(Cc3ccco3)C2=O)cc(Br)c1OCc1cccc(F)c1. The van der Waals surface area contributed by atoms with E-state index >= 15 is 0 Å². The molecular weight excluding hydrogens is 511 g/mol. The number of ether oxygens (including phenoxy) is 2. The van der Waals surface area contributed by atoms with E-state index in [1.165, 1.54) is 31.6 Å².